The summed E-state index contributed by atoms with van der Waals surface area (Å²) in [4.78, 5) is 12.0. The molecule has 22 heavy (non-hydrogen) atoms. The molecule has 0 atom stereocenters. The van der Waals surface area contributed by atoms with E-state index in [0.29, 0.717) is 24.5 Å². The van der Waals surface area contributed by atoms with Crippen molar-refractivity contribution in [1.82, 2.24) is 0 Å². The number of carbonyl (C=O) groups excluding carboxylic acids is 1. The van der Waals surface area contributed by atoms with Crippen LogP contribution in [0, 0.1) is 11.6 Å². The van der Waals surface area contributed by atoms with Gasteiger partial charge in [-0.15, -0.1) is 0 Å². The van der Waals surface area contributed by atoms with Gasteiger partial charge in [0, 0.05) is 12.5 Å². The minimum absolute atomic E-state index is 0.211. The summed E-state index contributed by atoms with van der Waals surface area (Å²) in [5.41, 5.74) is 1.31. The Labute approximate surface area is 127 Å². The SMILES string of the molecule is CCOc1cc(F)ccc1NC(=O)CCc1ccc(F)cc1. The van der Waals surface area contributed by atoms with Gasteiger partial charge in [0.25, 0.3) is 0 Å². The molecule has 5 heteroatoms. The van der Waals surface area contributed by atoms with E-state index in [0.717, 1.165) is 5.56 Å². The molecule has 2 aromatic carbocycles. The van der Waals surface area contributed by atoms with Crippen LogP contribution in [-0.2, 0) is 11.2 Å². The molecule has 0 unspecified atom stereocenters. The second kappa shape index (κ2) is 7.54. The molecule has 0 aliphatic heterocycles. The van der Waals surface area contributed by atoms with Gasteiger partial charge in [-0.25, -0.2) is 8.78 Å². The zero-order valence-corrected chi connectivity index (χ0v) is 12.2. The maximum atomic E-state index is 13.2. The molecule has 0 fully saturated rings. The van der Waals surface area contributed by atoms with E-state index in [9.17, 15) is 13.6 Å². The molecule has 0 saturated heterocycles. The van der Waals surface area contributed by atoms with E-state index in [2.05, 4.69) is 5.32 Å². The normalized spacial score (nSPS) is 10.3. The Hall–Kier alpha value is -2.43. The molecule has 2 aromatic rings. The van der Waals surface area contributed by atoms with Gasteiger partial charge in [0.05, 0.1) is 12.3 Å². The zero-order valence-electron chi connectivity index (χ0n) is 12.2. The Balaban J connectivity index is 1.95. The third kappa shape index (κ3) is 4.55. The minimum Gasteiger partial charge on any atom is -0.492 e. The second-order valence-corrected chi connectivity index (χ2v) is 4.75. The molecule has 1 amide bonds. The smallest absolute Gasteiger partial charge is 0.224 e. The highest BCUT2D eigenvalue weighted by Gasteiger charge is 2.09. The van der Waals surface area contributed by atoms with Crippen molar-refractivity contribution < 1.29 is 18.3 Å². The summed E-state index contributed by atoms with van der Waals surface area (Å²) in [6.07, 6.45) is 0.742. The van der Waals surface area contributed by atoms with Crippen molar-refractivity contribution in [2.24, 2.45) is 0 Å². The van der Waals surface area contributed by atoms with E-state index in [1.54, 1.807) is 19.1 Å². The number of hydrogen-bond donors (Lipinski definition) is 1. The number of ether oxygens (including phenoxy) is 1. The van der Waals surface area contributed by atoms with E-state index >= 15 is 0 Å². The van der Waals surface area contributed by atoms with Crippen LogP contribution in [0.5, 0.6) is 5.75 Å². The molecule has 116 valence electrons. The highest BCUT2D eigenvalue weighted by molar-refractivity contribution is 5.92. The minimum atomic E-state index is -0.423. The van der Waals surface area contributed by atoms with Crippen LogP contribution in [-0.4, -0.2) is 12.5 Å². The summed E-state index contributed by atoms with van der Waals surface area (Å²) < 4.78 is 31.3. The van der Waals surface area contributed by atoms with Crippen molar-refractivity contribution in [2.75, 3.05) is 11.9 Å². The Morgan fingerprint density at radius 2 is 1.77 bits per heavy atom. The number of nitrogens with one attached hydrogen (secondary N) is 1. The lowest BCUT2D eigenvalue weighted by Crippen LogP contribution is -2.13. The lowest BCUT2D eigenvalue weighted by molar-refractivity contribution is -0.116. The van der Waals surface area contributed by atoms with Gasteiger partial charge in [0.1, 0.15) is 17.4 Å². The largest absolute Gasteiger partial charge is 0.492 e. The third-order valence-corrected chi connectivity index (χ3v) is 3.07. The van der Waals surface area contributed by atoms with Crippen molar-refractivity contribution in [2.45, 2.75) is 19.8 Å². The summed E-state index contributed by atoms with van der Waals surface area (Å²) in [5, 5.41) is 2.70. The number of halogens is 2. The highest BCUT2D eigenvalue weighted by atomic mass is 19.1. The molecule has 2 rings (SSSR count). The molecular weight excluding hydrogens is 288 g/mol. The van der Waals surface area contributed by atoms with Gasteiger partial charge in [0.15, 0.2) is 0 Å². The number of rotatable bonds is 6. The first-order chi connectivity index (χ1) is 10.6. The van der Waals surface area contributed by atoms with E-state index in [1.807, 2.05) is 0 Å². The summed E-state index contributed by atoms with van der Waals surface area (Å²) in [6.45, 7) is 2.16. The molecule has 0 aliphatic rings. The van der Waals surface area contributed by atoms with Crippen LogP contribution in [0.3, 0.4) is 0 Å². The quantitative estimate of drug-likeness (QED) is 0.878. The average molecular weight is 305 g/mol. The Morgan fingerprint density at radius 1 is 1.09 bits per heavy atom. The molecule has 1 N–H and O–H groups in total. The number of aryl methyl sites for hydroxylation is 1. The first-order valence-electron chi connectivity index (χ1n) is 7.05. The number of benzene rings is 2. The van der Waals surface area contributed by atoms with Gasteiger partial charge in [-0.05, 0) is 43.2 Å². The number of carbonyl (C=O) groups is 1. The van der Waals surface area contributed by atoms with Crippen LogP contribution in [0.2, 0.25) is 0 Å². The summed E-state index contributed by atoms with van der Waals surface area (Å²) in [6, 6.07) is 9.98. The Kier molecular flexibility index (Phi) is 5.47. The lowest BCUT2D eigenvalue weighted by Gasteiger charge is -2.11. The number of anilines is 1. The molecule has 0 aromatic heterocycles. The van der Waals surface area contributed by atoms with Crippen LogP contribution in [0.15, 0.2) is 42.5 Å². The van der Waals surface area contributed by atoms with Crippen LogP contribution >= 0.6 is 0 Å². The first-order valence-corrected chi connectivity index (χ1v) is 7.05. The maximum absolute atomic E-state index is 13.2. The predicted octanol–water partition coefficient (Wildman–Crippen LogP) is 3.93. The van der Waals surface area contributed by atoms with Gasteiger partial charge >= 0.3 is 0 Å². The predicted molar refractivity (Wildman–Crippen MR) is 80.9 cm³/mol. The van der Waals surface area contributed by atoms with Crippen molar-refractivity contribution in [3.05, 3.63) is 59.7 Å². The fourth-order valence-electron chi connectivity index (χ4n) is 2.00. The summed E-state index contributed by atoms with van der Waals surface area (Å²) >= 11 is 0. The number of hydrogen-bond acceptors (Lipinski definition) is 2. The molecule has 0 spiro atoms. The molecule has 3 nitrogen and oxygen atoms in total. The molecule has 0 radical (unpaired) electrons. The second-order valence-electron chi connectivity index (χ2n) is 4.75. The summed E-state index contributed by atoms with van der Waals surface area (Å²) in [7, 11) is 0. The monoisotopic (exact) mass is 305 g/mol. The topological polar surface area (TPSA) is 38.3 Å². The van der Waals surface area contributed by atoms with Crippen molar-refractivity contribution in [1.29, 1.82) is 0 Å². The van der Waals surface area contributed by atoms with Crippen LogP contribution in [0.1, 0.15) is 18.9 Å². The van der Waals surface area contributed by atoms with Crippen LogP contribution in [0.25, 0.3) is 0 Å². The van der Waals surface area contributed by atoms with Crippen LogP contribution in [0.4, 0.5) is 14.5 Å². The van der Waals surface area contributed by atoms with Crippen molar-refractivity contribution >= 4 is 11.6 Å². The van der Waals surface area contributed by atoms with Crippen molar-refractivity contribution in [3.8, 4) is 5.75 Å². The third-order valence-electron chi connectivity index (χ3n) is 3.07. The maximum Gasteiger partial charge on any atom is 0.224 e. The Morgan fingerprint density at radius 3 is 2.45 bits per heavy atom. The molecule has 0 heterocycles. The molecule has 0 bridgehead atoms. The number of amides is 1. The zero-order chi connectivity index (χ0) is 15.9. The van der Waals surface area contributed by atoms with Crippen LogP contribution < -0.4 is 10.1 Å². The van der Waals surface area contributed by atoms with E-state index in [4.69, 9.17) is 4.74 Å². The van der Waals surface area contributed by atoms with Gasteiger partial charge in [-0.2, -0.15) is 0 Å². The first kappa shape index (κ1) is 15.9. The fraction of sp³-hybridized carbons (Fsp3) is 0.235. The molecule has 0 saturated carbocycles. The molecular formula is C17H17F2NO2. The standard InChI is InChI=1S/C17H17F2NO2/c1-2-22-16-11-14(19)8-9-15(16)20-17(21)10-5-12-3-6-13(18)7-4-12/h3-4,6-9,11H,2,5,10H2,1H3,(H,20,21). The van der Waals surface area contributed by atoms with Gasteiger partial charge in [0.2, 0.25) is 5.91 Å². The van der Waals surface area contributed by atoms with Gasteiger partial charge in [-0.3, -0.25) is 4.79 Å². The van der Waals surface area contributed by atoms with E-state index < -0.39 is 5.82 Å². The molecule has 0 aliphatic carbocycles. The van der Waals surface area contributed by atoms with Gasteiger partial charge < -0.3 is 10.1 Å². The van der Waals surface area contributed by atoms with E-state index in [-0.39, 0.29) is 18.1 Å². The van der Waals surface area contributed by atoms with Gasteiger partial charge in [-0.1, -0.05) is 12.1 Å². The Bertz CT molecular complexity index is 642. The van der Waals surface area contributed by atoms with Crippen molar-refractivity contribution in [3.63, 3.8) is 0 Å². The lowest BCUT2D eigenvalue weighted by atomic mass is 10.1. The highest BCUT2D eigenvalue weighted by Crippen LogP contribution is 2.25. The summed E-state index contributed by atoms with van der Waals surface area (Å²) in [5.74, 6) is -0.636. The average Bonchev–Trinajstić information content (AvgIpc) is 2.50. The van der Waals surface area contributed by atoms with E-state index in [1.165, 1.54) is 30.3 Å². The fourth-order valence-corrected chi connectivity index (χ4v) is 2.00.